The number of para-hydroxylation sites is 2. The van der Waals surface area contributed by atoms with Crippen molar-refractivity contribution in [3.05, 3.63) is 83.2 Å². The van der Waals surface area contributed by atoms with Crippen LogP contribution in [-0.4, -0.2) is 21.5 Å². The maximum absolute atomic E-state index is 13.7. The minimum absolute atomic E-state index is 0.111. The fraction of sp³-hybridized carbons (Fsp3) is 0.312. The first-order valence-corrected chi connectivity index (χ1v) is 13.1. The number of hydrogen-bond acceptors (Lipinski definition) is 2. The summed E-state index contributed by atoms with van der Waals surface area (Å²) in [4.78, 5) is 34.5. The number of rotatable bonds is 8. The highest BCUT2D eigenvalue weighted by atomic mass is 16.1. The number of aromatic amines is 2. The molecule has 4 heteroatoms. The number of aryl methyl sites for hydroxylation is 2. The molecule has 2 N–H and O–H groups in total. The smallest absolute Gasteiger partial charge is 0.187 e. The van der Waals surface area contributed by atoms with Crippen LogP contribution in [0.15, 0.2) is 60.7 Å². The average molecular weight is 479 g/mol. The molecule has 2 aromatic heterocycles. The molecule has 2 heterocycles. The van der Waals surface area contributed by atoms with Gasteiger partial charge in [-0.2, -0.15) is 0 Å². The van der Waals surface area contributed by atoms with E-state index in [1.807, 2.05) is 36.4 Å². The van der Waals surface area contributed by atoms with Crippen molar-refractivity contribution in [2.75, 3.05) is 0 Å². The Bertz CT molecular complexity index is 1410. The number of ketones is 2. The Kier molecular flexibility index (Phi) is 6.53. The number of nitrogens with one attached hydrogen (secondary N) is 2. The van der Waals surface area contributed by atoms with E-state index in [9.17, 15) is 9.59 Å². The van der Waals surface area contributed by atoms with E-state index in [4.69, 9.17) is 0 Å². The second-order valence-corrected chi connectivity index (χ2v) is 10.7. The van der Waals surface area contributed by atoms with E-state index < -0.39 is 0 Å². The molecule has 2 aromatic carbocycles. The van der Waals surface area contributed by atoms with E-state index in [1.54, 1.807) is 0 Å². The van der Waals surface area contributed by atoms with Crippen molar-refractivity contribution in [1.29, 1.82) is 0 Å². The first-order chi connectivity index (χ1) is 17.3. The van der Waals surface area contributed by atoms with Gasteiger partial charge in [-0.25, -0.2) is 0 Å². The van der Waals surface area contributed by atoms with Crippen LogP contribution in [0, 0.1) is 11.8 Å². The lowest BCUT2D eigenvalue weighted by Gasteiger charge is -2.18. The van der Waals surface area contributed by atoms with Crippen molar-refractivity contribution in [2.24, 2.45) is 11.8 Å². The summed E-state index contributed by atoms with van der Waals surface area (Å²) in [6.07, 6.45) is 6.51. The van der Waals surface area contributed by atoms with E-state index in [0.29, 0.717) is 23.0 Å². The third-order valence-electron chi connectivity index (χ3n) is 7.14. The zero-order chi connectivity index (χ0) is 25.4. The van der Waals surface area contributed by atoms with Gasteiger partial charge in [0.05, 0.1) is 0 Å². The number of fused-ring (bicyclic) bond motifs is 2. The van der Waals surface area contributed by atoms with Crippen molar-refractivity contribution >= 4 is 44.5 Å². The third kappa shape index (κ3) is 4.37. The zero-order valence-electron chi connectivity index (χ0n) is 21.6. The molecule has 36 heavy (non-hydrogen) atoms. The Morgan fingerprint density at radius 1 is 0.611 bits per heavy atom. The highest BCUT2D eigenvalue weighted by Crippen LogP contribution is 2.41. The largest absolute Gasteiger partial charge is 0.358 e. The van der Waals surface area contributed by atoms with Crippen molar-refractivity contribution < 1.29 is 9.59 Å². The van der Waals surface area contributed by atoms with Gasteiger partial charge >= 0.3 is 0 Å². The molecular formula is C32H34N2O2. The van der Waals surface area contributed by atoms with Gasteiger partial charge in [0, 0.05) is 55.5 Å². The monoisotopic (exact) mass is 478 g/mol. The molecule has 0 spiro atoms. The number of allylic oxidation sites excluding steroid dienone is 4. The molecule has 4 aromatic rings. The molecule has 0 bridgehead atoms. The lowest BCUT2D eigenvalue weighted by molar-refractivity contribution is -0.112. The summed E-state index contributed by atoms with van der Waals surface area (Å²) >= 11 is 0. The molecule has 0 saturated carbocycles. The van der Waals surface area contributed by atoms with Gasteiger partial charge in [0.15, 0.2) is 11.6 Å². The quantitative estimate of drug-likeness (QED) is 0.258. The summed E-state index contributed by atoms with van der Waals surface area (Å²) in [7, 11) is 0. The van der Waals surface area contributed by atoms with Crippen LogP contribution < -0.4 is 0 Å². The maximum Gasteiger partial charge on any atom is 0.187 e. The van der Waals surface area contributed by atoms with E-state index in [-0.39, 0.29) is 11.6 Å². The molecular weight excluding hydrogens is 444 g/mol. The Morgan fingerprint density at radius 3 is 1.39 bits per heavy atom. The van der Waals surface area contributed by atoms with E-state index in [2.05, 4.69) is 49.8 Å². The van der Waals surface area contributed by atoms with Crippen molar-refractivity contribution in [3.8, 4) is 0 Å². The highest BCUT2D eigenvalue weighted by molar-refractivity contribution is 6.50. The van der Waals surface area contributed by atoms with Crippen LogP contribution in [0.25, 0.3) is 33.0 Å². The lowest BCUT2D eigenvalue weighted by Crippen LogP contribution is -2.15. The Morgan fingerprint density at radius 2 is 1.00 bits per heavy atom. The van der Waals surface area contributed by atoms with Crippen LogP contribution >= 0.6 is 0 Å². The molecule has 0 aliphatic heterocycles. The second-order valence-electron chi connectivity index (χ2n) is 10.7. The number of hydrogen-bond donors (Lipinski definition) is 2. The lowest BCUT2D eigenvalue weighted by atomic mass is 9.82. The van der Waals surface area contributed by atoms with E-state index >= 15 is 0 Å². The molecule has 0 radical (unpaired) electrons. The van der Waals surface area contributed by atoms with Crippen molar-refractivity contribution in [2.45, 2.75) is 53.4 Å². The summed E-state index contributed by atoms with van der Waals surface area (Å²) in [5.74, 6) is 0.829. The minimum Gasteiger partial charge on any atom is -0.358 e. The van der Waals surface area contributed by atoms with Crippen LogP contribution in [0.1, 0.15) is 63.1 Å². The predicted octanol–water partition coefficient (Wildman–Crippen LogP) is 7.45. The molecule has 0 unspecified atom stereocenters. The number of aromatic nitrogens is 2. The number of carbonyl (C=O) groups is 2. The summed E-state index contributed by atoms with van der Waals surface area (Å²) in [6, 6.07) is 16.2. The fourth-order valence-electron chi connectivity index (χ4n) is 5.27. The van der Waals surface area contributed by atoms with Crippen LogP contribution in [0.5, 0.6) is 0 Å². The molecule has 184 valence electrons. The van der Waals surface area contributed by atoms with Gasteiger partial charge in [0.2, 0.25) is 0 Å². The van der Waals surface area contributed by atoms with Gasteiger partial charge < -0.3 is 9.97 Å². The standard InChI is InChI=1S/C32H34N2O2/c1-19(2)13-15-25-29(21-9-5-7-11-23(21)33-25)31-27(35)17-18-28(36)32(31)30-22-10-6-8-12-24(22)34-26(30)16-14-20(3)4/h5-12,17-20,33-34H,13-16H2,1-4H3. The van der Waals surface area contributed by atoms with E-state index in [1.165, 1.54) is 12.2 Å². The van der Waals surface area contributed by atoms with Gasteiger partial charge in [-0.3, -0.25) is 9.59 Å². The predicted molar refractivity (Wildman–Crippen MR) is 149 cm³/mol. The van der Waals surface area contributed by atoms with E-state index in [0.717, 1.165) is 70.0 Å². The Hall–Kier alpha value is -3.66. The minimum atomic E-state index is -0.111. The highest BCUT2D eigenvalue weighted by Gasteiger charge is 2.32. The fourth-order valence-corrected chi connectivity index (χ4v) is 5.27. The maximum atomic E-state index is 13.7. The molecule has 5 rings (SSSR count). The summed E-state index contributed by atoms with van der Waals surface area (Å²) in [5.41, 5.74) is 6.84. The normalized spacial score (nSPS) is 14.4. The average Bonchev–Trinajstić information content (AvgIpc) is 3.40. The van der Waals surface area contributed by atoms with Crippen molar-refractivity contribution in [3.63, 3.8) is 0 Å². The number of benzene rings is 2. The molecule has 0 saturated heterocycles. The zero-order valence-corrected chi connectivity index (χ0v) is 21.6. The van der Waals surface area contributed by atoms with Crippen LogP contribution in [-0.2, 0) is 22.4 Å². The SMILES string of the molecule is CC(C)CCc1[nH]c2ccccc2c1C1=C(c2c(CCC(C)C)[nH]c3ccccc23)C(=O)C=CC1=O. The summed E-state index contributed by atoms with van der Waals surface area (Å²) in [5, 5.41) is 1.98. The van der Waals surface area contributed by atoms with Crippen LogP contribution in [0.4, 0.5) is 0 Å². The molecule has 1 aliphatic rings. The Labute approximate surface area is 212 Å². The van der Waals surface area contributed by atoms with Crippen LogP contribution in [0.3, 0.4) is 0 Å². The van der Waals surface area contributed by atoms with Gasteiger partial charge in [0.25, 0.3) is 0 Å². The molecule has 0 amide bonds. The second kappa shape index (κ2) is 9.77. The van der Waals surface area contributed by atoms with Gasteiger partial charge in [-0.15, -0.1) is 0 Å². The van der Waals surface area contributed by atoms with Crippen molar-refractivity contribution in [1.82, 2.24) is 9.97 Å². The van der Waals surface area contributed by atoms with Crippen LogP contribution in [0.2, 0.25) is 0 Å². The summed E-state index contributed by atoms with van der Waals surface area (Å²) < 4.78 is 0. The molecule has 0 fully saturated rings. The first-order valence-electron chi connectivity index (χ1n) is 13.1. The molecule has 4 nitrogen and oxygen atoms in total. The van der Waals surface area contributed by atoms with Gasteiger partial charge in [-0.1, -0.05) is 64.1 Å². The Balaban J connectivity index is 1.83. The third-order valence-corrected chi connectivity index (χ3v) is 7.14. The van der Waals surface area contributed by atoms with Gasteiger partial charge in [-0.05, 0) is 61.8 Å². The molecule has 0 atom stereocenters. The first kappa shape index (κ1) is 24.1. The number of carbonyl (C=O) groups excluding carboxylic acids is 2. The number of H-pyrrole nitrogens is 2. The topological polar surface area (TPSA) is 65.7 Å². The van der Waals surface area contributed by atoms with Gasteiger partial charge in [0.1, 0.15) is 0 Å². The molecule has 1 aliphatic carbocycles. The summed E-state index contributed by atoms with van der Waals surface area (Å²) in [6.45, 7) is 8.83.